The van der Waals surface area contributed by atoms with Gasteiger partial charge in [0.05, 0.1) is 6.10 Å². The molecule has 1 heterocycles. The molecule has 3 rings (SSSR count). The largest absolute Gasteiger partial charge is 0.490 e. The Morgan fingerprint density at radius 1 is 1.00 bits per heavy atom. The summed E-state index contributed by atoms with van der Waals surface area (Å²) >= 11 is 0. The van der Waals surface area contributed by atoms with Gasteiger partial charge in [-0.05, 0) is 70.0 Å². The molecule has 110 valence electrons. The lowest BCUT2D eigenvalue weighted by Crippen LogP contribution is -2.28. The zero-order valence-electron chi connectivity index (χ0n) is 12.9. The van der Waals surface area contributed by atoms with Crippen molar-refractivity contribution in [3.8, 4) is 5.75 Å². The molecule has 2 heteroatoms. The van der Waals surface area contributed by atoms with Crippen LogP contribution in [-0.4, -0.2) is 12.6 Å². The summed E-state index contributed by atoms with van der Waals surface area (Å²) in [4.78, 5) is 0. The van der Waals surface area contributed by atoms with Gasteiger partial charge in [-0.2, -0.15) is 0 Å². The second-order valence-electron chi connectivity index (χ2n) is 6.45. The first-order chi connectivity index (χ1) is 9.75. The van der Waals surface area contributed by atoms with E-state index in [0.29, 0.717) is 12.1 Å². The van der Waals surface area contributed by atoms with Gasteiger partial charge in [0.15, 0.2) is 0 Å². The van der Waals surface area contributed by atoms with E-state index in [-0.39, 0.29) is 0 Å². The lowest BCUT2D eigenvalue weighted by molar-refractivity contribution is 0.203. The molecule has 1 aromatic rings. The maximum absolute atomic E-state index is 6.43. The normalized spacial score (nSPS) is 24.0. The number of ether oxygens (including phenoxy) is 1. The second-order valence-corrected chi connectivity index (χ2v) is 6.45. The standard InChI is InChI=1S/C18H27NO/c1-13-10-11-16(17-9-5-6-12-19-17)18(14(13)2)20-15-7-3-4-8-15/h10-11,15,17,19H,3-9,12H2,1-2H3. The zero-order chi connectivity index (χ0) is 13.9. The molecule has 1 aliphatic carbocycles. The van der Waals surface area contributed by atoms with E-state index in [1.54, 1.807) is 0 Å². The molecular formula is C18H27NO. The number of hydrogen-bond acceptors (Lipinski definition) is 2. The van der Waals surface area contributed by atoms with Crippen LogP contribution in [0.2, 0.25) is 0 Å². The van der Waals surface area contributed by atoms with Crippen LogP contribution in [-0.2, 0) is 0 Å². The summed E-state index contributed by atoms with van der Waals surface area (Å²) in [6.45, 7) is 5.54. The van der Waals surface area contributed by atoms with E-state index >= 15 is 0 Å². The number of piperidine rings is 1. The highest BCUT2D eigenvalue weighted by molar-refractivity contribution is 5.47. The van der Waals surface area contributed by atoms with Crippen molar-refractivity contribution in [2.45, 2.75) is 70.9 Å². The van der Waals surface area contributed by atoms with Crippen LogP contribution in [0.3, 0.4) is 0 Å². The average Bonchev–Trinajstić information content (AvgIpc) is 2.98. The molecule has 2 fully saturated rings. The molecule has 1 atom stereocenters. The SMILES string of the molecule is Cc1ccc(C2CCCCN2)c(OC2CCCC2)c1C. The third kappa shape index (κ3) is 2.85. The van der Waals surface area contributed by atoms with Crippen molar-refractivity contribution in [3.05, 3.63) is 28.8 Å². The topological polar surface area (TPSA) is 21.3 Å². The second kappa shape index (κ2) is 6.17. The van der Waals surface area contributed by atoms with Gasteiger partial charge in [-0.3, -0.25) is 0 Å². The number of nitrogens with one attached hydrogen (secondary N) is 1. The number of benzene rings is 1. The molecule has 20 heavy (non-hydrogen) atoms. The first-order valence-corrected chi connectivity index (χ1v) is 8.26. The smallest absolute Gasteiger partial charge is 0.127 e. The monoisotopic (exact) mass is 273 g/mol. The van der Waals surface area contributed by atoms with Crippen molar-refractivity contribution in [1.82, 2.24) is 5.32 Å². The van der Waals surface area contributed by atoms with Crippen LogP contribution in [0.25, 0.3) is 0 Å². The van der Waals surface area contributed by atoms with Crippen molar-refractivity contribution in [1.29, 1.82) is 0 Å². The summed E-state index contributed by atoms with van der Waals surface area (Å²) in [7, 11) is 0. The Kier molecular flexibility index (Phi) is 4.30. The minimum absolute atomic E-state index is 0.442. The summed E-state index contributed by atoms with van der Waals surface area (Å²) in [5.41, 5.74) is 4.07. The predicted octanol–water partition coefficient (Wildman–Crippen LogP) is 4.44. The highest BCUT2D eigenvalue weighted by Gasteiger charge is 2.24. The van der Waals surface area contributed by atoms with Crippen LogP contribution in [0.1, 0.15) is 67.7 Å². The summed E-state index contributed by atoms with van der Waals surface area (Å²) in [5.74, 6) is 1.18. The summed E-state index contributed by atoms with van der Waals surface area (Å²) in [6.07, 6.45) is 9.42. The summed E-state index contributed by atoms with van der Waals surface area (Å²) in [5, 5.41) is 3.67. The van der Waals surface area contributed by atoms with E-state index in [4.69, 9.17) is 4.74 Å². The van der Waals surface area contributed by atoms with Gasteiger partial charge >= 0.3 is 0 Å². The highest BCUT2D eigenvalue weighted by Crippen LogP contribution is 2.36. The van der Waals surface area contributed by atoms with Gasteiger partial charge in [0, 0.05) is 11.6 Å². The molecule has 0 aromatic heterocycles. The molecule has 1 aromatic carbocycles. The number of aryl methyl sites for hydroxylation is 1. The Balaban J connectivity index is 1.88. The van der Waals surface area contributed by atoms with E-state index in [9.17, 15) is 0 Å². The first kappa shape index (κ1) is 13.9. The van der Waals surface area contributed by atoms with Crippen LogP contribution in [0.4, 0.5) is 0 Å². The van der Waals surface area contributed by atoms with Gasteiger partial charge in [-0.1, -0.05) is 18.6 Å². The summed E-state index contributed by atoms with van der Waals surface area (Å²) < 4.78 is 6.43. The van der Waals surface area contributed by atoms with E-state index in [2.05, 4.69) is 31.3 Å². The van der Waals surface area contributed by atoms with E-state index in [0.717, 1.165) is 6.54 Å². The highest BCUT2D eigenvalue weighted by atomic mass is 16.5. The maximum Gasteiger partial charge on any atom is 0.127 e. The Hall–Kier alpha value is -1.02. The molecule has 1 unspecified atom stereocenters. The molecule has 1 saturated heterocycles. The molecule has 0 bridgehead atoms. The lowest BCUT2D eigenvalue weighted by atomic mass is 9.93. The van der Waals surface area contributed by atoms with Crippen molar-refractivity contribution in [2.24, 2.45) is 0 Å². The van der Waals surface area contributed by atoms with Crippen LogP contribution in [0.5, 0.6) is 5.75 Å². The van der Waals surface area contributed by atoms with Crippen molar-refractivity contribution in [2.75, 3.05) is 6.54 Å². The predicted molar refractivity (Wildman–Crippen MR) is 83.4 cm³/mol. The van der Waals surface area contributed by atoms with Gasteiger partial charge in [-0.25, -0.2) is 0 Å². The molecule has 1 aliphatic heterocycles. The third-order valence-electron chi connectivity index (χ3n) is 4.98. The van der Waals surface area contributed by atoms with Crippen LogP contribution in [0.15, 0.2) is 12.1 Å². The van der Waals surface area contributed by atoms with Crippen LogP contribution < -0.4 is 10.1 Å². The molecule has 0 spiro atoms. The van der Waals surface area contributed by atoms with Crippen LogP contribution >= 0.6 is 0 Å². The van der Waals surface area contributed by atoms with E-state index in [1.807, 2.05) is 0 Å². The lowest BCUT2D eigenvalue weighted by Gasteiger charge is -2.28. The quantitative estimate of drug-likeness (QED) is 0.879. The molecule has 0 amide bonds. The fourth-order valence-corrected chi connectivity index (χ4v) is 3.53. The maximum atomic E-state index is 6.43. The van der Waals surface area contributed by atoms with Crippen LogP contribution in [0, 0.1) is 13.8 Å². The Morgan fingerprint density at radius 2 is 1.75 bits per heavy atom. The number of hydrogen-bond donors (Lipinski definition) is 1. The minimum atomic E-state index is 0.442. The van der Waals surface area contributed by atoms with Gasteiger partial charge < -0.3 is 10.1 Å². The Labute approximate surface area is 122 Å². The number of rotatable bonds is 3. The molecule has 2 aliphatic rings. The molecule has 0 radical (unpaired) electrons. The fraction of sp³-hybridized carbons (Fsp3) is 0.667. The van der Waals surface area contributed by atoms with Gasteiger partial charge in [0.25, 0.3) is 0 Å². The van der Waals surface area contributed by atoms with Crippen molar-refractivity contribution < 1.29 is 4.74 Å². The molecule has 1 saturated carbocycles. The third-order valence-corrected chi connectivity index (χ3v) is 4.98. The Bertz CT molecular complexity index is 457. The van der Waals surface area contributed by atoms with Crippen molar-refractivity contribution >= 4 is 0 Å². The zero-order valence-corrected chi connectivity index (χ0v) is 12.9. The van der Waals surface area contributed by atoms with Gasteiger partial charge in [-0.15, -0.1) is 0 Å². The minimum Gasteiger partial charge on any atom is -0.490 e. The van der Waals surface area contributed by atoms with Gasteiger partial charge in [0.2, 0.25) is 0 Å². The Morgan fingerprint density at radius 3 is 2.45 bits per heavy atom. The molecular weight excluding hydrogens is 246 g/mol. The van der Waals surface area contributed by atoms with Crippen molar-refractivity contribution in [3.63, 3.8) is 0 Å². The first-order valence-electron chi connectivity index (χ1n) is 8.26. The average molecular weight is 273 g/mol. The molecule has 2 nitrogen and oxygen atoms in total. The van der Waals surface area contributed by atoms with E-state index in [1.165, 1.54) is 67.4 Å². The van der Waals surface area contributed by atoms with Gasteiger partial charge in [0.1, 0.15) is 5.75 Å². The fourth-order valence-electron chi connectivity index (χ4n) is 3.53. The summed E-state index contributed by atoms with van der Waals surface area (Å²) in [6, 6.07) is 5.03. The molecule has 1 N–H and O–H groups in total. The van der Waals surface area contributed by atoms with E-state index < -0.39 is 0 Å².